The van der Waals surface area contributed by atoms with Gasteiger partial charge in [0.2, 0.25) is 5.91 Å². The molecule has 1 atom stereocenters. The molecule has 0 saturated carbocycles. The number of benzene rings is 1. The third kappa shape index (κ3) is 4.95. The van der Waals surface area contributed by atoms with E-state index in [1.165, 1.54) is 6.20 Å². The summed E-state index contributed by atoms with van der Waals surface area (Å²) < 4.78 is 12.7. The Hall–Kier alpha value is -2.10. The van der Waals surface area contributed by atoms with Crippen molar-refractivity contribution in [2.45, 2.75) is 19.1 Å². The number of hydrogen-bond donors (Lipinski definition) is 4. The lowest BCUT2D eigenvalue weighted by Gasteiger charge is -2.20. The Labute approximate surface area is 138 Å². The van der Waals surface area contributed by atoms with Crippen molar-refractivity contribution in [2.75, 3.05) is 6.54 Å². The second kappa shape index (κ2) is 8.13. The third-order valence-corrected chi connectivity index (χ3v) is 4.51. The van der Waals surface area contributed by atoms with Crippen LogP contribution in [0.15, 0.2) is 36.5 Å². The summed E-state index contributed by atoms with van der Waals surface area (Å²) in [7, 11) is -4.55. The lowest BCUT2D eigenvalue weighted by Crippen LogP contribution is -2.28. The van der Waals surface area contributed by atoms with Crippen LogP contribution < -0.4 is 6.15 Å². The number of carbonyl (C=O) groups excluding carboxylic acids is 1. The molecule has 0 fully saturated rings. The van der Waals surface area contributed by atoms with Gasteiger partial charge >= 0.3 is 7.60 Å². The van der Waals surface area contributed by atoms with Gasteiger partial charge in [0, 0.05) is 18.9 Å². The summed E-state index contributed by atoms with van der Waals surface area (Å²) in [6.45, 7) is 0.918. The van der Waals surface area contributed by atoms with E-state index in [9.17, 15) is 24.4 Å². The molecule has 0 aliphatic carbocycles. The quantitative estimate of drug-likeness (QED) is 0.342. The van der Waals surface area contributed by atoms with E-state index in [0.29, 0.717) is 10.8 Å². The van der Waals surface area contributed by atoms with E-state index in [-0.39, 0.29) is 19.1 Å². The van der Waals surface area contributed by atoms with Gasteiger partial charge in [0.15, 0.2) is 5.78 Å². The van der Waals surface area contributed by atoms with Gasteiger partial charge in [0.05, 0.1) is 12.7 Å². The molecule has 0 saturated heterocycles. The Kier molecular flexibility index (Phi) is 6.76. The van der Waals surface area contributed by atoms with E-state index in [2.05, 4.69) is 10.3 Å². The van der Waals surface area contributed by atoms with Crippen LogP contribution in [0.2, 0.25) is 0 Å². The maximum Gasteiger partial charge on any atom is 0.350 e. The molecule has 2 rings (SSSR count). The normalized spacial score (nSPS) is 12.3. The molecule has 0 aliphatic rings. The summed E-state index contributed by atoms with van der Waals surface area (Å²) in [5, 5.41) is 17.4. The average Bonchev–Trinajstić information content (AvgIpc) is 2.96. The highest BCUT2D eigenvalue weighted by molar-refractivity contribution is 7.51. The van der Waals surface area contributed by atoms with Crippen molar-refractivity contribution in [1.29, 1.82) is 0 Å². The number of rotatable bonds is 6. The molecule has 0 aliphatic heterocycles. The van der Waals surface area contributed by atoms with Crippen LogP contribution in [0.1, 0.15) is 19.1 Å². The van der Waals surface area contributed by atoms with Gasteiger partial charge in [0.1, 0.15) is 5.69 Å². The predicted octanol–water partition coefficient (Wildman–Crippen LogP) is 1.41. The molecule has 2 aromatic rings. The highest BCUT2D eigenvalue weighted by Gasteiger charge is 2.32. The molecule has 132 valence electrons. The Morgan fingerprint density at radius 2 is 1.96 bits per heavy atom. The third-order valence-electron chi connectivity index (χ3n) is 3.24. The molecular formula is C13H20N5O5P. The van der Waals surface area contributed by atoms with Gasteiger partial charge < -0.3 is 15.9 Å². The molecule has 0 spiro atoms. The second-order valence-corrected chi connectivity index (χ2v) is 6.72. The van der Waals surface area contributed by atoms with Crippen molar-refractivity contribution in [2.24, 2.45) is 0 Å². The fourth-order valence-corrected chi connectivity index (χ4v) is 2.89. The first-order chi connectivity index (χ1) is 10.8. The van der Waals surface area contributed by atoms with Crippen LogP contribution in [0, 0.1) is 0 Å². The highest BCUT2D eigenvalue weighted by Crippen LogP contribution is 2.50. The molecule has 0 bridgehead atoms. The van der Waals surface area contributed by atoms with Crippen molar-refractivity contribution in [3.63, 3.8) is 0 Å². The largest absolute Gasteiger partial charge is 0.350 e. The minimum absolute atomic E-state index is 0. The van der Waals surface area contributed by atoms with Crippen LogP contribution in [0.4, 0.5) is 0 Å². The molecule has 0 radical (unpaired) electrons. The molecule has 1 aromatic carbocycles. The average molecular weight is 357 g/mol. The first kappa shape index (κ1) is 19.9. The second-order valence-electron chi connectivity index (χ2n) is 4.95. The number of amides is 1. The van der Waals surface area contributed by atoms with Gasteiger partial charge in [-0.05, 0) is 0 Å². The highest BCUT2D eigenvalue weighted by atomic mass is 31.2. The van der Waals surface area contributed by atoms with Crippen molar-refractivity contribution < 1.29 is 24.4 Å². The lowest BCUT2D eigenvalue weighted by molar-refractivity contribution is -0.163. The van der Waals surface area contributed by atoms with Crippen molar-refractivity contribution in [3.05, 3.63) is 36.5 Å². The first-order valence-electron chi connectivity index (χ1n) is 6.78. The van der Waals surface area contributed by atoms with Gasteiger partial charge in [-0.1, -0.05) is 35.5 Å². The summed E-state index contributed by atoms with van der Waals surface area (Å²) in [6, 6.07) is 9.05. The summed E-state index contributed by atoms with van der Waals surface area (Å²) in [6.07, 6.45) is 1.26. The van der Waals surface area contributed by atoms with E-state index < -0.39 is 19.3 Å². The smallest absolute Gasteiger partial charge is 0.344 e. The number of hydroxylamine groups is 2. The van der Waals surface area contributed by atoms with Crippen molar-refractivity contribution >= 4 is 13.5 Å². The van der Waals surface area contributed by atoms with E-state index in [1.54, 1.807) is 12.1 Å². The standard InChI is InChI=1S/C13H17N4O5P.H3N/c1-10(18)17(19)8-7-13(23(20,21)22)16-9-12(14-15-16)11-5-3-2-4-6-11;/h2-6,9,13,19H,7-8H2,1H3,(H2,20,21,22);1H3. The van der Waals surface area contributed by atoms with E-state index in [0.717, 1.165) is 17.2 Å². The van der Waals surface area contributed by atoms with Gasteiger partial charge in [-0.15, -0.1) is 5.10 Å². The monoisotopic (exact) mass is 357 g/mol. The van der Waals surface area contributed by atoms with Crippen LogP contribution in [-0.2, 0) is 9.36 Å². The van der Waals surface area contributed by atoms with Crippen molar-refractivity contribution in [3.8, 4) is 11.3 Å². The molecule has 24 heavy (non-hydrogen) atoms. The molecule has 10 nitrogen and oxygen atoms in total. The van der Waals surface area contributed by atoms with E-state index in [4.69, 9.17) is 0 Å². The van der Waals surface area contributed by atoms with Gasteiger partial charge in [-0.3, -0.25) is 14.6 Å². The van der Waals surface area contributed by atoms with Crippen LogP contribution in [-0.4, -0.2) is 47.5 Å². The summed E-state index contributed by atoms with van der Waals surface area (Å²) in [5.41, 5.74) is 1.23. The number of nitrogens with zero attached hydrogens (tertiary/aromatic N) is 4. The Morgan fingerprint density at radius 1 is 1.33 bits per heavy atom. The lowest BCUT2D eigenvalue weighted by atomic mass is 10.2. The van der Waals surface area contributed by atoms with E-state index >= 15 is 0 Å². The van der Waals surface area contributed by atoms with Gasteiger partial charge in [-0.25, -0.2) is 9.75 Å². The molecule has 1 aromatic heterocycles. The predicted molar refractivity (Wildman–Crippen MR) is 85.4 cm³/mol. The topological polar surface area (TPSA) is 164 Å². The summed E-state index contributed by atoms with van der Waals surface area (Å²) >= 11 is 0. The molecule has 1 amide bonds. The van der Waals surface area contributed by atoms with Gasteiger partial charge in [-0.2, -0.15) is 0 Å². The zero-order chi connectivity index (χ0) is 17.0. The number of aromatic nitrogens is 3. The van der Waals surface area contributed by atoms with Crippen molar-refractivity contribution in [1.82, 2.24) is 26.2 Å². The zero-order valence-electron chi connectivity index (χ0n) is 13.1. The van der Waals surface area contributed by atoms with E-state index in [1.807, 2.05) is 18.2 Å². The molecule has 1 unspecified atom stereocenters. The number of carbonyl (C=O) groups is 1. The molecular weight excluding hydrogens is 337 g/mol. The van der Waals surface area contributed by atoms with Gasteiger partial charge in [0.25, 0.3) is 0 Å². The first-order valence-corrected chi connectivity index (χ1v) is 8.46. The summed E-state index contributed by atoms with van der Waals surface area (Å²) in [5.74, 6) is -1.93. The van der Waals surface area contributed by atoms with Crippen LogP contribution in [0.25, 0.3) is 11.3 Å². The minimum Gasteiger partial charge on any atom is -0.344 e. The maximum atomic E-state index is 11.7. The maximum absolute atomic E-state index is 11.7. The SMILES string of the molecule is CC(=O)N(O)CCC(n1cc(-c2ccccc2)nn1)P(=O)(O)O.N. The Balaban J connectivity index is 0.00000288. The molecule has 1 heterocycles. The van der Waals surface area contributed by atoms with Crippen LogP contribution in [0.5, 0.6) is 0 Å². The minimum atomic E-state index is -4.55. The Morgan fingerprint density at radius 3 is 2.50 bits per heavy atom. The molecule has 11 heteroatoms. The zero-order valence-corrected chi connectivity index (χ0v) is 14.0. The number of hydrogen-bond acceptors (Lipinski definition) is 6. The summed E-state index contributed by atoms with van der Waals surface area (Å²) in [4.78, 5) is 30.0. The Bertz CT molecular complexity index is 717. The van der Waals surface area contributed by atoms with Crippen LogP contribution >= 0.6 is 7.60 Å². The molecule has 6 N–H and O–H groups in total. The van der Waals surface area contributed by atoms with Crippen LogP contribution in [0.3, 0.4) is 0 Å². The fourth-order valence-electron chi connectivity index (χ4n) is 2.01. The fraction of sp³-hybridized carbons (Fsp3) is 0.308.